The van der Waals surface area contributed by atoms with E-state index in [1.54, 1.807) is 0 Å². The van der Waals surface area contributed by atoms with Crippen molar-refractivity contribution in [2.24, 2.45) is 0 Å². The summed E-state index contributed by atoms with van der Waals surface area (Å²) >= 11 is 0. The predicted molar refractivity (Wildman–Crippen MR) is 320 cm³/mol. The molecule has 76 heavy (non-hydrogen) atoms. The van der Waals surface area contributed by atoms with Crippen molar-refractivity contribution >= 4 is 87.2 Å². The minimum absolute atomic E-state index is 1.12. The van der Waals surface area contributed by atoms with E-state index in [0.29, 0.717) is 0 Å². The highest BCUT2D eigenvalue weighted by atomic mass is 15.0. The number of fused-ring (bicyclic) bond motifs is 13. The fourth-order valence-corrected chi connectivity index (χ4v) is 12.5. The summed E-state index contributed by atoms with van der Waals surface area (Å²) < 4.78 is 9.89. The van der Waals surface area contributed by atoms with Crippen LogP contribution in [0.3, 0.4) is 0 Å². The highest BCUT2D eigenvalue weighted by Crippen LogP contribution is 2.45. The van der Waals surface area contributed by atoms with Gasteiger partial charge in [0.25, 0.3) is 0 Å². The summed E-state index contributed by atoms with van der Waals surface area (Å²) in [5.74, 6) is 0. The highest BCUT2D eigenvalue weighted by Gasteiger charge is 2.24. The number of benzene rings is 12. The largest absolute Gasteiger partial charge is 0.309 e. The first-order chi connectivity index (χ1) is 37.7. The lowest BCUT2D eigenvalue weighted by atomic mass is 9.98. The van der Waals surface area contributed by atoms with Gasteiger partial charge in [-0.05, 0) is 137 Å². The van der Waals surface area contributed by atoms with Crippen LogP contribution in [0.15, 0.2) is 279 Å². The van der Waals surface area contributed by atoms with Crippen molar-refractivity contribution in [3.8, 4) is 56.1 Å². The van der Waals surface area contributed by atoms with E-state index >= 15 is 0 Å². The number of hydrogen-bond acceptors (Lipinski definition) is 0. The number of hydrogen-bond donors (Lipinski definition) is 0. The smallest absolute Gasteiger partial charge is 0.0788 e. The first kappa shape index (κ1) is 42.4. The summed E-state index contributed by atoms with van der Waals surface area (Å²) in [7, 11) is 0. The number of para-hydroxylation sites is 5. The third-order valence-corrected chi connectivity index (χ3v) is 15.9. The minimum atomic E-state index is 1.12. The average Bonchev–Trinajstić information content (AvgIpc) is 4.39. The average molecular weight is 967 g/mol. The van der Waals surface area contributed by atoms with Crippen LogP contribution in [0.25, 0.3) is 143 Å². The van der Waals surface area contributed by atoms with Crippen molar-refractivity contribution in [2.45, 2.75) is 0 Å². The maximum atomic E-state index is 2.51. The van der Waals surface area contributed by atoms with Crippen LogP contribution in [0, 0.1) is 0 Å². The van der Waals surface area contributed by atoms with Gasteiger partial charge in [-0.25, -0.2) is 0 Å². The van der Waals surface area contributed by atoms with E-state index in [1.807, 2.05) is 0 Å². The molecule has 4 heteroatoms. The zero-order valence-corrected chi connectivity index (χ0v) is 41.3. The van der Waals surface area contributed by atoms with E-state index in [4.69, 9.17) is 0 Å². The monoisotopic (exact) mass is 966 g/mol. The number of nitrogens with zero attached hydrogens (tertiary/aromatic N) is 4. The molecule has 4 aromatic heterocycles. The van der Waals surface area contributed by atoms with Gasteiger partial charge in [0.05, 0.1) is 44.1 Å². The van der Waals surface area contributed by atoms with Crippen molar-refractivity contribution in [1.29, 1.82) is 0 Å². The Hall–Kier alpha value is -10.2. The third-order valence-electron chi connectivity index (χ3n) is 15.9. The summed E-state index contributed by atoms with van der Waals surface area (Å²) in [6.45, 7) is 0. The van der Waals surface area contributed by atoms with Gasteiger partial charge in [0, 0.05) is 65.8 Å². The lowest BCUT2D eigenvalue weighted by molar-refractivity contribution is 1.15. The van der Waals surface area contributed by atoms with Gasteiger partial charge >= 0.3 is 0 Å². The molecule has 0 amide bonds. The van der Waals surface area contributed by atoms with Crippen LogP contribution in [0.1, 0.15) is 0 Å². The van der Waals surface area contributed by atoms with Crippen molar-refractivity contribution in [2.75, 3.05) is 0 Å². The first-order valence-corrected chi connectivity index (χ1v) is 26.2. The zero-order valence-electron chi connectivity index (χ0n) is 41.3. The second kappa shape index (κ2) is 16.7. The molecular weight excluding hydrogens is 921 g/mol. The summed E-state index contributed by atoms with van der Waals surface area (Å²) in [6.07, 6.45) is 0. The van der Waals surface area contributed by atoms with Gasteiger partial charge in [-0.1, -0.05) is 176 Å². The Balaban J connectivity index is 0.980. The Kier molecular flexibility index (Phi) is 9.30. The first-order valence-electron chi connectivity index (χ1n) is 26.2. The van der Waals surface area contributed by atoms with Crippen molar-refractivity contribution in [1.82, 2.24) is 18.3 Å². The van der Waals surface area contributed by atoms with Crippen LogP contribution < -0.4 is 0 Å². The maximum Gasteiger partial charge on any atom is 0.0788 e. The van der Waals surface area contributed by atoms with Gasteiger partial charge in [0.1, 0.15) is 0 Å². The molecule has 0 aliphatic carbocycles. The Morgan fingerprint density at radius 2 is 0.500 bits per heavy atom. The highest BCUT2D eigenvalue weighted by molar-refractivity contribution is 6.25. The fourth-order valence-electron chi connectivity index (χ4n) is 12.5. The van der Waals surface area contributed by atoms with Gasteiger partial charge in [-0.15, -0.1) is 0 Å². The quantitative estimate of drug-likeness (QED) is 0.152. The topological polar surface area (TPSA) is 19.7 Å². The number of rotatable bonds is 7. The van der Waals surface area contributed by atoms with Crippen molar-refractivity contribution in [3.63, 3.8) is 0 Å². The van der Waals surface area contributed by atoms with Crippen LogP contribution in [0.5, 0.6) is 0 Å². The predicted octanol–water partition coefficient (Wildman–Crippen LogP) is 19.1. The molecule has 0 aliphatic heterocycles. The molecule has 0 saturated carbocycles. The molecule has 0 atom stereocenters. The molecule has 0 aliphatic rings. The van der Waals surface area contributed by atoms with E-state index < -0.39 is 0 Å². The molecule has 16 rings (SSSR count). The zero-order chi connectivity index (χ0) is 49.8. The molecule has 16 aromatic rings. The lowest BCUT2D eigenvalue weighted by Crippen LogP contribution is -1.98. The normalized spacial score (nSPS) is 11.9. The lowest BCUT2D eigenvalue weighted by Gasteiger charge is -2.14. The van der Waals surface area contributed by atoms with Crippen molar-refractivity contribution < 1.29 is 0 Å². The molecule has 0 radical (unpaired) electrons. The standard InChI is InChI=1S/C72H46N4/c1-6-20-47(21-7-1)51-40-52(48-22-8-2-9-23-48)42-56(41-51)74-67-38-34-50(44-62(67)64-46-69-63(45-70(64)74)58-31-17-18-32-65(58)73(69)53-24-10-3-11-25-53)49-35-39-68-61(43-49)60-37-36-59-57-30-16-19-33-66(57)75(54-26-12-4-13-27-54)71(59)72(60)76(68)55-28-14-5-15-29-55/h1-46H. The Labute approximate surface area is 438 Å². The Morgan fingerprint density at radius 3 is 1.01 bits per heavy atom. The molecule has 0 N–H and O–H groups in total. The minimum Gasteiger partial charge on any atom is -0.309 e. The van der Waals surface area contributed by atoms with Crippen LogP contribution in [0.4, 0.5) is 0 Å². The van der Waals surface area contributed by atoms with Crippen molar-refractivity contribution in [3.05, 3.63) is 279 Å². The molecule has 4 heterocycles. The van der Waals surface area contributed by atoms with E-state index in [1.165, 1.54) is 115 Å². The molecule has 0 unspecified atom stereocenters. The SMILES string of the molecule is c1ccc(-c2cc(-c3ccccc3)cc(-n3c4ccc(-c5ccc6c(c5)c5ccc7c8ccccc8n(-c8ccccc8)c7c5n6-c5ccccc5)cc4c4cc5c(cc43)c3ccccc3n5-c3ccccc3)c2)cc1. The van der Waals surface area contributed by atoms with Gasteiger partial charge < -0.3 is 18.3 Å². The molecular formula is C72H46N4. The second-order valence-electron chi connectivity index (χ2n) is 20.1. The summed E-state index contributed by atoms with van der Waals surface area (Å²) in [4.78, 5) is 0. The fraction of sp³-hybridized carbons (Fsp3) is 0. The van der Waals surface area contributed by atoms with E-state index in [-0.39, 0.29) is 0 Å². The van der Waals surface area contributed by atoms with E-state index in [9.17, 15) is 0 Å². The van der Waals surface area contributed by atoms with Gasteiger partial charge in [0.15, 0.2) is 0 Å². The Morgan fingerprint density at radius 1 is 0.158 bits per heavy atom. The van der Waals surface area contributed by atoms with Crippen LogP contribution in [-0.2, 0) is 0 Å². The second-order valence-corrected chi connectivity index (χ2v) is 20.1. The summed E-state index contributed by atoms with van der Waals surface area (Å²) in [5, 5.41) is 9.76. The van der Waals surface area contributed by atoms with E-state index in [2.05, 4.69) is 297 Å². The van der Waals surface area contributed by atoms with Crippen LogP contribution in [0.2, 0.25) is 0 Å². The summed E-state index contributed by atoms with van der Waals surface area (Å²) in [5.41, 5.74) is 21.0. The molecule has 0 bridgehead atoms. The molecule has 0 spiro atoms. The molecule has 354 valence electrons. The third kappa shape index (κ3) is 6.38. The maximum absolute atomic E-state index is 2.51. The van der Waals surface area contributed by atoms with Gasteiger partial charge in [0.2, 0.25) is 0 Å². The van der Waals surface area contributed by atoms with Gasteiger partial charge in [-0.2, -0.15) is 0 Å². The molecule has 0 fully saturated rings. The van der Waals surface area contributed by atoms with E-state index in [0.717, 1.165) is 28.3 Å². The van der Waals surface area contributed by atoms with Crippen LogP contribution in [-0.4, -0.2) is 18.3 Å². The summed E-state index contributed by atoms with van der Waals surface area (Å²) in [6, 6.07) is 103. The molecule has 4 nitrogen and oxygen atoms in total. The Bertz CT molecular complexity index is 4890. The molecule has 12 aromatic carbocycles. The van der Waals surface area contributed by atoms with Crippen LogP contribution >= 0.6 is 0 Å². The van der Waals surface area contributed by atoms with Gasteiger partial charge in [-0.3, -0.25) is 0 Å². The molecule has 0 saturated heterocycles. The number of aromatic nitrogens is 4.